The molecule has 0 aromatic rings. The molecule has 0 spiro atoms. The Bertz CT molecular complexity index is 516. The Balaban J connectivity index is 1.25. The van der Waals surface area contributed by atoms with Gasteiger partial charge in [0, 0.05) is 36.3 Å². The molecule has 0 aromatic heterocycles. The highest BCUT2D eigenvalue weighted by Crippen LogP contribution is 2.41. The van der Waals surface area contributed by atoms with Gasteiger partial charge in [0.25, 0.3) is 0 Å². The average Bonchev–Trinajstić information content (AvgIpc) is 2.89. The zero-order valence-electron chi connectivity index (χ0n) is 23.1. The lowest BCUT2D eigenvalue weighted by molar-refractivity contribution is -0.0218. The van der Waals surface area contributed by atoms with Crippen molar-refractivity contribution in [3.05, 3.63) is 0 Å². The first-order valence-corrected chi connectivity index (χ1v) is 16.2. The molecule has 0 bridgehead atoms. The predicted octanol–water partition coefficient (Wildman–Crippen LogP) is 8.72. The summed E-state index contributed by atoms with van der Waals surface area (Å²) in [6.07, 6.45) is 32.9. The van der Waals surface area contributed by atoms with Crippen LogP contribution in [0.2, 0.25) is 0 Å². The zero-order valence-corrected chi connectivity index (χ0v) is 23.1. The molecule has 5 rings (SSSR count). The fraction of sp³-hybridized carbons (Fsp3) is 1.00. The normalized spacial score (nSPS) is 39.5. The van der Waals surface area contributed by atoms with Crippen LogP contribution in [0.1, 0.15) is 155 Å². The molecule has 0 saturated heterocycles. The Morgan fingerprint density at radius 1 is 0.294 bits per heavy atom. The lowest BCUT2D eigenvalue weighted by Crippen LogP contribution is -2.56. The van der Waals surface area contributed by atoms with Crippen LogP contribution in [0.4, 0.5) is 0 Å². The third-order valence-electron chi connectivity index (χ3n) is 11.3. The summed E-state index contributed by atoms with van der Waals surface area (Å²) in [4.78, 5) is 6.38. The molecule has 0 aliphatic heterocycles. The quantitative estimate of drug-likeness (QED) is 0.383. The summed E-state index contributed by atoms with van der Waals surface area (Å²) in [6.45, 7) is 5.00. The van der Waals surface area contributed by atoms with E-state index in [2.05, 4.69) is 23.6 Å². The van der Waals surface area contributed by atoms with Gasteiger partial charge < -0.3 is 0 Å². The van der Waals surface area contributed by atoms with Gasteiger partial charge in [-0.25, -0.2) is 0 Å². The minimum Gasteiger partial charge on any atom is -0.294 e. The van der Waals surface area contributed by atoms with Crippen LogP contribution in [0.5, 0.6) is 0 Å². The van der Waals surface area contributed by atoms with Crippen LogP contribution in [0, 0.1) is 11.8 Å². The van der Waals surface area contributed by atoms with Crippen molar-refractivity contribution in [1.82, 2.24) is 9.80 Å². The molecule has 0 amide bonds. The van der Waals surface area contributed by atoms with Gasteiger partial charge >= 0.3 is 0 Å². The Morgan fingerprint density at radius 2 is 0.529 bits per heavy atom. The molecule has 0 unspecified atom stereocenters. The lowest BCUT2D eigenvalue weighted by Gasteiger charge is -2.52. The van der Waals surface area contributed by atoms with Crippen LogP contribution in [-0.4, -0.2) is 46.1 Å². The molecule has 0 atom stereocenters. The number of hydrogen-bond donors (Lipinski definition) is 0. The second kappa shape index (κ2) is 12.4. The van der Waals surface area contributed by atoms with Gasteiger partial charge in [-0.15, -0.1) is 0 Å². The fourth-order valence-electron chi connectivity index (χ4n) is 9.28. The second-order valence-corrected chi connectivity index (χ2v) is 13.8. The van der Waals surface area contributed by atoms with Crippen LogP contribution in [0.25, 0.3) is 0 Å². The van der Waals surface area contributed by atoms with Gasteiger partial charge in [-0.2, -0.15) is 0 Å². The molecule has 0 radical (unpaired) electrons. The first kappa shape index (κ1) is 25.6. The van der Waals surface area contributed by atoms with E-state index in [9.17, 15) is 0 Å². The molecule has 5 fully saturated rings. The topological polar surface area (TPSA) is 6.48 Å². The Morgan fingerprint density at radius 3 is 0.824 bits per heavy atom. The lowest BCUT2D eigenvalue weighted by atomic mass is 9.79. The van der Waals surface area contributed by atoms with Crippen LogP contribution < -0.4 is 0 Å². The van der Waals surface area contributed by atoms with Crippen LogP contribution in [-0.2, 0) is 0 Å². The molecule has 5 saturated carbocycles. The van der Waals surface area contributed by atoms with Gasteiger partial charge in [0.15, 0.2) is 0 Å². The average molecular weight is 471 g/mol. The van der Waals surface area contributed by atoms with E-state index in [0.29, 0.717) is 0 Å². The van der Waals surface area contributed by atoms with Gasteiger partial charge in [0.1, 0.15) is 0 Å². The molecule has 2 heteroatoms. The van der Waals surface area contributed by atoms with E-state index < -0.39 is 0 Å². The Hall–Kier alpha value is -0.0800. The maximum atomic E-state index is 3.19. The van der Waals surface area contributed by atoms with Gasteiger partial charge in [0.05, 0.1) is 0 Å². The number of rotatable bonds is 6. The minimum absolute atomic E-state index is 0.900. The fourth-order valence-corrected chi connectivity index (χ4v) is 9.28. The first-order chi connectivity index (χ1) is 16.7. The van der Waals surface area contributed by atoms with Crippen molar-refractivity contribution in [2.45, 2.75) is 191 Å². The standard InChI is InChI=1S/C32H58N2/c1-25-13-17-29(18-14-25)33(27-9-5-3-6-10-27)31-21-23-32(24-22-31)34(28-11-7-4-8-12-28)30-19-15-26(2)16-20-30/h25-32H,3-24H2,1-2H3. The summed E-state index contributed by atoms with van der Waals surface area (Å²) >= 11 is 0. The molecule has 5 aliphatic rings. The molecule has 2 nitrogen and oxygen atoms in total. The molecule has 196 valence electrons. The number of nitrogens with zero attached hydrogens (tertiary/aromatic N) is 2. The van der Waals surface area contributed by atoms with Crippen molar-refractivity contribution in [2.75, 3.05) is 0 Å². The van der Waals surface area contributed by atoms with Crippen molar-refractivity contribution in [3.8, 4) is 0 Å². The van der Waals surface area contributed by atoms with Gasteiger partial charge in [-0.05, 0) is 115 Å². The third kappa shape index (κ3) is 6.24. The summed E-state index contributed by atoms with van der Waals surface area (Å²) in [5, 5.41) is 0. The summed E-state index contributed by atoms with van der Waals surface area (Å²) in [7, 11) is 0. The van der Waals surface area contributed by atoms with Crippen molar-refractivity contribution in [1.29, 1.82) is 0 Å². The Kier molecular flexibility index (Phi) is 9.36. The van der Waals surface area contributed by atoms with Gasteiger partial charge in [0.2, 0.25) is 0 Å². The van der Waals surface area contributed by atoms with E-state index in [0.717, 1.165) is 48.1 Å². The molecule has 5 aliphatic carbocycles. The third-order valence-corrected chi connectivity index (χ3v) is 11.3. The monoisotopic (exact) mass is 470 g/mol. The van der Waals surface area contributed by atoms with E-state index in [1.807, 2.05) is 0 Å². The predicted molar refractivity (Wildman–Crippen MR) is 146 cm³/mol. The molecular weight excluding hydrogens is 412 g/mol. The van der Waals surface area contributed by atoms with Crippen LogP contribution >= 0.6 is 0 Å². The van der Waals surface area contributed by atoms with Crippen molar-refractivity contribution in [3.63, 3.8) is 0 Å². The van der Waals surface area contributed by atoms with Crippen molar-refractivity contribution in [2.24, 2.45) is 11.8 Å². The summed E-state index contributed by atoms with van der Waals surface area (Å²) in [5.74, 6) is 1.95. The zero-order chi connectivity index (χ0) is 23.3. The van der Waals surface area contributed by atoms with Crippen LogP contribution in [0.15, 0.2) is 0 Å². The summed E-state index contributed by atoms with van der Waals surface area (Å²) < 4.78 is 0. The highest BCUT2D eigenvalue weighted by molar-refractivity contribution is 4.96. The summed E-state index contributed by atoms with van der Waals surface area (Å²) in [5.41, 5.74) is 0. The second-order valence-electron chi connectivity index (χ2n) is 13.8. The van der Waals surface area contributed by atoms with Gasteiger partial charge in [-0.1, -0.05) is 52.4 Å². The summed E-state index contributed by atoms with van der Waals surface area (Å²) in [6, 6.07) is 5.46. The molecule has 34 heavy (non-hydrogen) atoms. The van der Waals surface area contributed by atoms with Crippen molar-refractivity contribution < 1.29 is 0 Å². The van der Waals surface area contributed by atoms with Crippen LogP contribution in [0.3, 0.4) is 0 Å². The van der Waals surface area contributed by atoms with Crippen molar-refractivity contribution >= 4 is 0 Å². The highest BCUT2D eigenvalue weighted by atomic mass is 15.2. The molecular formula is C32H58N2. The van der Waals surface area contributed by atoms with E-state index in [4.69, 9.17) is 0 Å². The molecule has 0 heterocycles. The first-order valence-electron chi connectivity index (χ1n) is 16.2. The van der Waals surface area contributed by atoms with Gasteiger partial charge in [-0.3, -0.25) is 9.80 Å². The smallest absolute Gasteiger partial charge is 0.0102 e. The molecule has 0 aromatic carbocycles. The van der Waals surface area contributed by atoms with E-state index in [-0.39, 0.29) is 0 Å². The van der Waals surface area contributed by atoms with E-state index >= 15 is 0 Å². The largest absolute Gasteiger partial charge is 0.294 e. The minimum atomic E-state index is 0.900. The maximum absolute atomic E-state index is 3.19. The molecule has 0 N–H and O–H groups in total. The number of hydrogen-bond acceptors (Lipinski definition) is 2. The van der Waals surface area contributed by atoms with E-state index in [1.165, 1.54) is 141 Å². The maximum Gasteiger partial charge on any atom is 0.0102 e. The highest BCUT2D eigenvalue weighted by Gasteiger charge is 2.40. The Labute approximate surface area is 213 Å². The van der Waals surface area contributed by atoms with E-state index in [1.54, 1.807) is 0 Å². The SMILES string of the molecule is CC1CCC(N(C2CCCCC2)C2CCC(N(C3CCCCC3)C3CCC(C)CC3)CC2)CC1.